The van der Waals surface area contributed by atoms with E-state index >= 15 is 0 Å². The molecule has 0 aromatic heterocycles. The van der Waals surface area contributed by atoms with Crippen LogP contribution in [0.5, 0.6) is 11.5 Å². The maximum absolute atomic E-state index is 5.05. The van der Waals surface area contributed by atoms with Crippen molar-refractivity contribution in [3.8, 4) is 11.5 Å². The van der Waals surface area contributed by atoms with Crippen LogP contribution >= 0.6 is 0 Å². The van der Waals surface area contributed by atoms with Crippen molar-refractivity contribution >= 4 is 0 Å². The monoisotopic (exact) mass is 250 g/mol. The Kier molecular flexibility index (Phi) is 8.18. The number of ether oxygens (including phenoxy) is 2. The van der Waals surface area contributed by atoms with Gasteiger partial charge in [-0.05, 0) is 0 Å². The molecule has 0 aliphatic carbocycles. The van der Waals surface area contributed by atoms with E-state index in [2.05, 4.69) is 6.92 Å². The molecule has 0 aliphatic heterocycles. The summed E-state index contributed by atoms with van der Waals surface area (Å²) >= 11 is 0. The molecular weight excluding hydrogens is 241 g/mol. The molecule has 0 unspecified atom stereocenters. The first-order valence-corrected chi connectivity index (χ1v) is 3.32. The minimum Gasteiger partial charge on any atom is -1.00 e. The van der Waals surface area contributed by atoms with Gasteiger partial charge in [-0.15, -0.1) is 6.07 Å². The molecule has 0 atom stereocenters. The third-order valence-electron chi connectivity index (χ3n) is 1.45. The van der Waals surface area contributed by atoms with Crippen LogP contribution in [-0.2, 0) is 19.5 Å². The molecule has 1 aromatic carbocycles. The van der Waals surface area contributed by atoms with Gasteiger partial charge < -0.3 is 21.9 Å². The Morgan fingerprint density at radius 3 is 2.08 bits per heavy atom. The molecule has 0 radical (unpaired) electrons. The fraction of sp³-hybridized carbons (Fsp3) is 0.222. The molecule has 4 heteroatoms. The van der Waals surface area contributed by atoms with Crippen molar-refractivity contribution in [1.29, 1.82) is 0 Å². The second kappa shape index (κ2) is 7.05. The Labute approximate surface area is 97.8 Å². The fourth-order valence-corrected chi connectivity index (χ4v) is 0.881. The number of rotatable bonds is 2. The Morgan fingerprint density at radius 1 is 1.08 bits per heavy atom. The van der Waals surface area contributed by atoms with E-state index in [0.717, 1.165) is 17.1 Å². The first-order valence-electron chi connectivity index (χ1n) is 3.32. The number of benzene rings is 1. The van der Waals surface area contributed by atoms with Gasteiger partial charge in [-0.3, -0.25) is 0 Å². The van der Waals surface area contributed by atoms with Crippen LogP contribution in [0, 0.1) is 6.92 Å². The molecule has 0 aliphatic rings. The van der Waals surface area contributed by atoms with Gasteiger partial charge in [0.2, 0.25) is 0 Å². The minimum atomic E-state index is 0. The van der Waals surface area contributed by atoms with Crippen LogP contribution in [-0.4, -0.2) is 14.2 Å². The van der Waals surface area contributed by atoms with Gasteiger partial charge in [-0.1, -0.05) is 6.07 Å². The first-order chi connectivity index (χ1) is 5.27. The zero-order valence-electron chi connectivity index (χ0n) is 7.84. The standard InChI is InChI=1S/C9H11O2.ClH.Zn/c1-7-4-5-8(10-2)9(6-7)11-3;;/h4-6H,1H2,2-3H3;1H;/q-1;;+2/p-1. The topological polar surface area (TPSA) is 18.5 Å². The number of hydrogen-bond acceptors (Lipinski definition) is 2. The van der Waals surface area contributed by atoms with Crippen LogP contribution in [0.4, 0.5) is 0 Å². The first kappa shape index (κ1) is 15.1. The number of hydrogen-bond donors (Lipinski definition) is 0. The Balaban J connectivity index is 0. The molecular formula is C9H11ClO2Zn. The van der Waals surface area contributed by atoms with Gasteiger partial charge in [0.15, 0.2) is 0 Å². The summed E-state index contributed by atoms with van der Waals surface area (Å²) in [5.74, 6) is 1.46. The van der Waals surface area contributed by atoms with Gasteiger partial charge in [0.25, 0.3) is 0 Å². The van der Waals surface area contributed by atoms with Gasteiger partial charge in [-0.2, -0.15) is 18.6 Å². The maximum Gasteiger partial charge on any atom is 2.00 e. The molecule has 0 fully saturated rings. The molecule has 0 amide bonds. The number of halogens is 1. The van der Waals surface area contributed by atoms with Gasteiger partial charge >= 0.3 is 19.5 Å². The molecule has 1 aromatic rings. The predicted octanol–water partition coefficient (Wildman–Crippen LogP) is -1.11. The van der Waals surface area contributed by atoms with Crippen LogP contribution < -0.4 is 21.9 Å². The maximum atomic E-state index is 5.05. The van der Waals surface area contributed by atoms with Gasteiger partial charge in [0.1, 0.15) is 11.5 Å². The largest absolute Gasteiger partial charge is 2.00 e. The molecule has 0 N–H and O–H groups in total. The Bertz CT molecular complexity index is 253. The summed E-state index contributed by atoms with van der Waals surface area (Å²) in [6, 6.07) is 5.54. The van der Waals surface area contributed by atoms with E-state index in [1.807, 2.05) is 18.2 Å². The van der Waals surface area contributed by atoms with Crippen molar-refractivity contribution in [3.63, 3.8) is 0 Å². The zero-order valence-corrected chi connectivity index (χ0v) is 11.6. The van der Waals surface area contributed by atoms with Crippen LogP contribution in [0.3, 0.4) is 0 Å². The van der Waals surface area contributed by atoms with Crippen molar-refractivity contribution in [3.05, 3.63) is 30.7 Å². The van der Waals surface area contributed by atoms with Gasteiger partial charge in [0, 0.05) is 0 Å². The zero-order chi connectivity index (χ0) is 8.27. The molecule has 0 heterocycles. The molecule has 0 saturated heterocycles. The van der Waals surface area contributed by atoms with E-state index in [-0.39, 0.29) is 31.9 Å². The van der Waals surface area contributed by atoms with Gasteiger partial charge in [0.05, 0.1) is 14.2 Å². The average molecular weight is 252 g/mol. The van der Waals surface area contributed by atoms with Crippen LogP contribution in [0.2, 0.25) is 0 Å². The van der Waals surface area contributed by atoms with E-state index in [1.54, 1.807) is 14.2 Å². The molecule has 0 bridgehead atoms. The molecule has 0 saturated carbocycles. The average Bonchev–Trinajstić information content (AvgIpc) is 2.04. The summed E-state index contributed by atoms with van der Waals surface area (Å²) in [4.78, 5) is 0. The summed E-state index contributed by atoms with van der Waals surface area (Å²) in [5.41, 5.74) is 0.919. The molecule has 1 rings (SSSR count). The smallest absolute Gasteiger partial charge is 1.00 e. The molecule has 2 nitrogen and oxygen atoms in total. The normalized spacial score (nSPS) is 7.85. The summed E-state index contributed by atoms with van der Waals surface area (Å²) in [6.45, 7) is 3.77. The van der Waals surface area contributed by atoms with Crippen LogP contribution in [0.1, 0.15) is 5.56 Å². The van der Waals surface area contributed by atoms with Gasteiger partial charge in [-0.25, -0.2) is 0 Å². The third-order valence-corrected chi connectivity index (χ3v) is 1.45. The van der Waals surface area contributed by atoms with Crippen molar-refractivity contribution in [2.75, 3.05) is 14.2 Å². The summed E-state index contributed by atoms with van der Waals surface area (Å²) in [7, 11) is 3.22. The summed E-state index contributed by atoms with van der Waals surface area (Å²) < 4.78 is 10.1. The second-order valence-corrected chi connectivity index (χ2v) is 2.19. The second-order valence-electron chi connectivity index (χ2n) is 2.19. The summed E-state index contributed by atoms with van der Waals surface area (Å²) in [5, 5.41) is 0. The van der Waals surface area contributed by atoms with E-state index in [4.69, 9.17) is 9.47 Å². The quantitative estimate of drug-likeness (QED) is 0.490. The van der Waals surface area contributed by atoms with Crippen LogP contribution in [0.15, 0.2) is 18.2 Å². The van der Waals surface area contributed by atoms with Crippen molar-refractivity contribution < 1.29 is 41.4 Å². The Hall–Kier alpha value is -0.397. The van der Waals surface area contributed by atoms with Crippen molar-refractivity contribution in [2.24, 2.45) is 0 Å². The third kappa shape index (κ3) is 3.88. The molecule has 0 spiro atoms. The Morgan fingerprint density at radius 2 is 1.62 bits per heavy atom. The van der Waals surface area contributed by atoms with E-state index in [0.29, 0.717) is 0 Å². The molecule has 68 valence electrons. The minimum absolute atomic E-state index is 0. The van der Waals surface area contributed by atoms with Crippen LogP contribution in [0.25, 0.3) is 0 Å². The van der Waals surface area contributed by atoms with E-state index in [9.17, 15) is 0 Å². The predicted molar refractivity (Wildman–Crippen MR) is 44.0 cm³/mol. The van der Waals surface area contributed by atoms with E-state index in [1.165, 1.54) is 0 Å². The van der Waals surface area contributed by atoms with Crippen molar-refractivity contribution in [2.45, 2.75) is 0 Å². The van der Waals surface area contributed by atoms with Crippen molar-refractivity contribution in [1.82, 2.24) is 0 Å². The summed E-state index contributed by atoms with van der Waals surface area (Å²) in [6.07, 6.45) is 0. The van der Waals surface area contributed by atoms with E-state index < -0.39 is 0 Å². The fourth-order valence-electron chi connectivity index (χ4n) is 0.881. The SMILES string of the molecule is [CH2-]c1ccc(OC)c(OC)c1.[Cl-].[Zn+2]. The molecule has 13 heavy (non-hydrogen) atoms. The number of methoxy groups -OCH3 is 2.